The van der Waals surface area contributed by atoms with E-state index < -0.39 is 0 Å². The van der Waals surface area contributed by atoms with Gasteiger partial charge in [0.2, 0.25) is 0 Å². The van der Waals surface area contributed by atoms with E-state index in [2.05, 4.69) is 42.4 Å². The minimum atomic E-state index is 0.408. The Morgan fingerprint density at radius 1 is 1.33 bits per heavy atom. The van der Waals surface area contributed by atoms with Crippen LogP contribution in [-0.2, 0) is 11.3 Å². The van der Waals surface area contributed by atoms with Crippen LogP contribution in [0.1, 0.15) is 25.3 Å². The molecule has 1 fully saturated rings. The third kappa shape index (κ3) is 5.65. The van der Waals surface area contributed by atoms with Crippen molar-refractivity contribution >= 4 is 0 Å². The molecule has 0 aromatic heterocycles. The van der Waals surface area contributed by atoms with E-state index in [1.165, 1.54) is 18.4 Å². The van der Waals surface area contributed by atoms with Gasteiger partial charge in [0.1, 0.15) is 12.4 Å². The second-order valence-corrected chi connectivity index (χ2v) is 5.90. The zero-order valence-corrected chi connectivity index (χ0v) is 13.5. The van der Waals surface area contributed by atoms with Gasteiger partial charge in [0, 0.05) is 37.8 Å². The molecule has 1 aromatic rings. The maximum Gasteiger partial charge on any atom is 0.123 e. The molecule has 1 aliphatic rings. The molecule has 2 rings (SSSR count). The average molecular weight is 292 g/mol. The standard InChI is InChI=1S/C17H28N2O2/c1-14(13-20-3)19(2)10-11-21-17-7-5-4-6-15(17)12-18-16-8-9-16/h4-7,14,16,18H,8-13H2,1-3H3. The van der Waals surface area contributed by atoms with Crippen LogP contribution in [0.25, 0.3) is 0 Å². The molecule has 1 aliphatic carbocycles. The lowest BCUT2D eigenvalue weighted by atomic mass is 10.2. The molecule has 0 bridgehead atoms. The van der Waals surface area contributed by atoms with Crippen LogP contribution < -0.4 is 10.1 Å². The van der Waals surface area contributed by atoms with Crippen molar-refractivity contribution in [2.75, 3.05) is 33.9 Å². The fraction of sp³-hybridized carbons (Fsp3) is 0.647. The average Bonchev–Trinajstić information content (AvgIpc) is 3.30. The Balaban J connectivity index is 1.76. The number of rotatable bonds is 10. The maximum absolute atomic E-state index is 5.97. The first-order valence-corrected chi connectivity index (χ1v) is 7.84. The molecule has 1 N–H and O–H groups in total. The number of para-hydroxylation sites is 1. The molecule has 1 atom stereocenters. The number of nitrogens with one attached hydrogen (secondary N) is 1. The zero-order chi connectivity index (χ0) is 15.1. The Labute approximate surface area is 128 Å². The van der Waals surface area contributed by atoms with E-state index in [9.17, 15) is 0 Å². The second kappa shape index (κ2) is 8.37. The van der Waals surface area contributed by atoms with Crippen LogP contribution in [0.5, 0.6) is 5.75 Å². The molecule has 0 spiro atoms. The van der Waals surface area contributed by atoms with Gasteiger partial charge in [-0.15, -0.1) is 0 Å². The van der Waals surface area contributed by atoms with Gasteiger partial charge in [0.25, 0.3) is 0 Å². The van der Waals surface area contributed by atoms with Crippen LogP contribution in [0.15, 0.2) is 24.3 Å². The summed E-state index contributed by atoms with van der Waals surface area (Å²) in [6, 6.07) is 9.44. The molecule has 1 aromatic carbocycles. The van der Waals surface area contributed by atoms with E-state index in [4.69, 9.17) is 9.47 Å². The second-order valence-electron chi connectivity index (χ2n) is 5.90. The molecular weight excluding hydrogens is 264 g/mol. The highest BCUT2D eigenvalue weighted by molar-refractivity contribution is 5.33. The Morgan fingerprint density at radius 2 is 2.10 bits per heavy atom. The minimum absolute atomic E-state index is 0.408. The van der Waals surface area contributed by atoms with Crippen LogP contribution in [0.2, 0.25) is 0 Å². The highest BCUT2D eigenvalue weighted by Crippen LogP contribution is 2.22. The fourth-order valence-corrected chi connectivity index (χ4v) is 2.22. The molecular formula is C17H28N2O2. The first-order chi connectivity index (χ1) is 10.2. The van der Waals surface area contributed by atoms with Crippen LogP contribution in [0, 0.1) is 0 Å². The summed E-state index contributed by atoms with van der Waals surface area (Å²) in [6.45, 7) is 5.41. The van der Waals surface area contributed by atoms with Crippen LogP contribution in [-0.4, -0.2) is 50.9 Å². The Bertz CT molecular complexity index is 421. The predicted octanol–water partition coefficient (Wildman–Crippen LogP) is 2.28. The van der Waals surface area contributed by atoms with Crippen LogP contribution >= 0.6 is 0 Å². The van der Waals surface area contributed by atoms with E-state index in [1.54, 1.807) is 7.11 Å². The summed E-state index contributed by atoms with van der Waals surface area (Å²) in [5, 5.41) is 3.54. The lowest BCUT2D eigenvalue weighted by molar-refractivity contribution is 0.105. The summed E-state index contributed by atoms with van der Waals surface area (Å²) in [4.78, 5) is 2.26. The number of hydrogen-bond donors (Lipinski definition) is 1. The first-order valence-electron chi connectivity index (χ1n) is 7.84. The van der Waals surface area contributed by atoms with Gasteiger partial charge in [-0.2, -0.15) is 0 Å². The molecule has 0 saturated heterocycles. The van der Waals surface area contributed by atoms with Crippen molar-refractivity contribution in [2.45, 2.75) is 38.4 Å². The van der Waals surface area contributed by atoms with Gasteiger partial charge in [-0.1, -0.05) is 18.2 Å². The van der Waals surface area contributed by atoms with Gasteiger partial charge in [-0.3, -0.25) is 4.90 Å². The molecule has 118 valence electrons. The number of benzene rings is 1. The molecule has 4 nitrogen and oxygen atoms in total. The largest absolute Gasteiger partial charge is 0.492 e. The molecule has 1 unspecified atom stereocenters. The van der Waals surface area contributed by atoms with Gasteiger partial charge in [-0.05, 0) is 32.9 Å². The van der Waals surface area contributed by atoms with Gasteiger partial charge in [0.15, 0.2) is 0 Å². The van der Waals surface area contributed by atoms with Crippen molar-refractivity contribution in [3.8, 4) is 5.75 Å². The summed E-state index contributed by atoms with van der Waals surface area (Å²) in [5.41, 5.74) is 1.25. The number of ether oxygens (including phenoxy) is 2. The lowest BCUT2D eigenvalue weighted by Gasteiger charge is -2.24. The van der Waals surface area contributed by atoms with Gasteiger partial charge < -0.3 is 14.8 Å². The fourth-order valence-electron chi connectivity index (χ4n) is 2.22. The summed E-state index contributed by atoms with van der Waals surface area (Å²) in [5.74, 6) is 0.999. The summed E-state index contributed by atoms with van der Waals surface area (Å²) >= 11 is 0. The van der Waals surface area contributed by atoms with Crippen LogP contribution in [0.4, 0.5) is 0 Å². The van der Waals surface area contributed by atoms with E-state index in [1.807, 2.05) is 6.07 Å². The predicted molar refractivity (Wildman–Crippen MR) is 85.8 cm³/mol. The third-order valence-electron chi connectivity index (χ3n) is 3.99. The molecule has 0 aliphatic heterocycles. The minimum Gasteiger partial charge on any atom is -0.492 e. The number of hydrogen-bond acceptors (Lipinski definition) is 4. The molecule has 4 heteroatoms. The molecule has 0 radical (unpaired) electrons. The first kappa shape index (κ1) is 16.3. The smallest absolute Gasteiger partial charge is 0.123 e. The molecule has 1 saturated carbocycles. The molecule has 0 amide bonds. The topological polar surface area (TPSA) is 33.7 Å². The highest BCUT2D eigenvalue weighted by Gasteiger charge is 2.20. The van der Waals surface area contributed by atoms with Crippen molar-refractivity contribution in [2.24, 2.45) is 0 Å². The number of methoxy groups -OCH3 is 1. The number of nitrogens with zero attached hydrogens (tertiary/aromatic N) is 1. The SMILES string of the molecule is COCC(C)N(C)CCOc1ccccc1CNC1CC1. The highest BCUT2D eigenvalue weighted by atomic mass is 16.5. The zero-order valence-electron chi connectivity index (χ0n) is 13.5. The molecule has 0 heterocycles. The Morgan fingerprint density at radius 3 is 2.81 bits per heavy atom. The van der Waals surface area contributed by atoms with E-state index in [-0.39, 0.29) is 0 Å². The molecule has 21 heavy (non-hydrogen) atoms. The van der Waals surface area contributed by atoms with Crippen molar-refractivity contribution in [1.82, 2.24) is 10.2 Å². The monoisotopic (exact) mass is 292 g/mol. The normalized spacial score (nSPS) is 16.2. The van der Waals surface area contributed by atoms with Crippen molar-refractivity contribution in [1.29, 1.82) is 0 Å². The van der Waals surface area contributed by atoms with Crippen molar-refractivity contribution < 1.29 is 9.47 Å². The summed E-state index contributed by atoms with van der Waals surface area (Å²) in [6.07, 6.45) is 2.62. The van der Waals surface area contributed by atoms with Crippen LogP contribution in [0.3, 0.4) is 0 Å². The van der Waals surface area contributed by atoms with Gasteiger partial charge in [0.05, 0.1) is 6.61 Å². The van der Waals surface area contributed by atoms with Gasteiger partial charge >= 0.3 is 0 Å². The van der Waals surface area contributed by atoms with Crippen molar-refractivity contribution in [3.63, 3.8) is 0 Å². The van der Waals surface area contributed by atoms with E-state index in [0.717, 1.165) is 31.5 Å². The lowest BCUT2D eigenvalue weighted by Crippen LogP contribution is -2.35. The Hall–Kier alpha value is -1.10. The summed E-state index contributed by atoms with van der Waals surface area (Å²) in [7, 11) is 3.84. The third-order valence-corrected chi connectivity index (χ3v) is 3.99. The summed E-state index contributed by atoms with van der Waals surface area (Å²) < 4.78 is 11.1. The van der Waals surface area contributed by atoms with Crippen molar-refractivity contribution in [3.05, 3.63) is 29.8 Å². The van der Waals surface area contributed by atoms with E-state index in [0.29, 0.717) is 12.6 Å². The van der Waals surface area contributed by atoms with Gasteiger partial charge in [-0.25, -0.2) is 0 Å². The quantitative estimate of drug-likeness (QED) is 0.717. The number of likely N-dealkylation sites (N-methyl/N-ethyl adjacent to an activating group) is 1. The maximum atomic E-state index is 5.97. The Kier molecular flexibility index (Phi) is 6.49. The van der Waals surface area contributed by atoms with E-state index >= 15 is 0 Å².